The van der Waals surface area contributed by atoms with E-state index < -0.39 is 0 Å². The van der Waals surface area contributed by atoms with Crippen molar-refractivity contribution in [2.24, 2.45) is 0 Å². The first-order chi connectivity index (χ1) is 4.41. The van der Waals surface area contributed by atoms with E-state index in [1.165, 1.54) is 19.3 Å². The minimum atomic E-state index is 1.04. The van der Waals surface area contributed by atoms with Crippen LogP contribution in [-0.2, 0) is 0 Å². The van der Waals surface area contributed by atoms with Gasteiger partial charge in [0, 0.05) is 0 Å². The molecule has 9 heavy (non-hydrogen) atoms. The molecule has 0 bridgehead atoms. The van der Waals surface area contributed by atoms with Crippen molar-refractivity contribution in [3.05, 3.63) is 24.8 Å². The van der Waals surface area contributed by atoms with Crippen LogP contribution in [0.3, 0.4) is 0 Å². The molecule has 0 heterocycles. The van der Waals surface area contributed by atoms with Crippen LogP contribution in [0, 0.1) is 6.08 Å². The lowest BCUT2D eigenvalue weighted by Gasteiger charge is -1.89. The van der Waals surface area contributed by atoms with Crippen LogP contribution in [0.1, 0.15) is 32.6 Å². The molecule has 0 aromatic heterocycles. The fourth-order valence-corrected chi connectivity index (χ4v) is 0.679. The minimum absolute atomic E-state index is 1.04. The Hall–Kier alpha value is -0.520. The van der Waals surface area contributed by atoms with Crippen LogP contribution in [0.2, 0.25) is 0 Å². The zero-order chi connectivity index (χ0) is 6.95. The molecule has 0 spiro atoms. The smallest absolute Gasteiger partial charge is 0.0282 e. The fraction of sp³-hybridized carbons (Fsp3) is 0.556. The highest BCUT2D eigenvalue weighted by molar-refractivity contribution is 4.76. The average molecular weight is 123 g/mol. The molecule has 0 aromatic carbocycles. The Morgan fingerprint density at radius 1 is 1.44 bits per heavy atom. The van der Waals surface area contributed by atoms with Gasteiger partial charge in [0.05, 0.1) is 0 Å². The lowest BCUT2D eigenvalue weighted by Crippen LogP contribution is -1.70. The molecule has 0 aromatic rings. The third-order valence-electron chi connectivity index (χ3n) is 1.21. The Kier molecular flexibility index (Phi) is 7.05. The Labute approximate surface area is 58.3 Å². The molecule has 0 rings (SSSR count). The van der Waals surface area contributed by atoms with Gasteiger partial charge in [-0.1, -0.05) is 24.8 Å². The van der Waals surface area contributed by atoms with Gasteiger partial charge in [0.25, 0.3) is 0 Å². The van der Waals surface area contributed by atoms with Crippen LogP contribution in [-0.4, -0.2) is 0 Å². The first-order valence-corrected chi connectivity index (χ1v) is 3.53. The first-order valence-electron chi connectivity index (χ1n) is 3.53. The van der Waals surface area contributed by atoms with Gasteiger partial charge >= 0.3 is 0 Å². The van der Waals surface area contributed by atoms with Gasteiger partial charge in [-0.15, -0.1) is 0 Å². The molecule has 0 amide bonds. The number of allylic oxidation sites excluding steroid dienone is 3. The van der Waals surface area contributed by atoms with Crippen molar-refractivity contribution in [1.29, 1.82) is 0 Å². The topological polar surface area (TPSA) is 0 Å². The Bertz CT molecular complexity index is 80.0. The predicted octanol–water partition coefficient (Wildman–Crippen LogP) is 3.11. The maximum Gasteiger partial charge on any atom is -0.0282 e. The highest BCUT2D eigenvalue weighted by Crippen LogP contribution is 1.99. The van der Waals surface area contributed by atoms with E-state index in [1.54, 1.807) is 0 Å². The summed E-state index contributed by atoms with van der Waals surface area (Å²) in [7, 11) is 0. The van der Waals surface area contributed by atoms with Gasteiger partial charge in [0.2, 0.25) is 0 Å². The molecule has 51 valence electrons. The molecule has 0 atom stereocenters. The van der Waals surface area contributed by atoms with E-state index in [1.807, 2.05) is 0 Å². The zero-order valence-corrected chi connectivity index (χ0v) is 6.19. The minimum Gasteiger partial charge on any atom is -0.0956 e. The molecule has 0 aliphatic carbocycles. The van der Waals surface area contributed by atoms with Crippen molar-refractivity contribution >= 4 is 0 Å². The van der Waals surface area contributed by atoms with Crippen molar-refractivity contribution in [2.45, 2.75) is 32.6 Å². The second-order valence-corrected chi connectivity index (χ2v) is 2.06. The monoisotopic (exact) mass is 123 g/mol. The summed E-state index contributed by atoms with van der Waals surface area (Å²) in [5.41, 5.74) is 0. The van der Waals surface area contributed by atoms with E-state index >= 15 is 0 Å². The third kappa shape index (κ3) is 7.48. The summed E-state index contributed by atoms with van der Waals surface area (Å²) in [6.45, 7) is 5.59. The van der Waals surface area contributed by atoms with Gasteiger partial charge in [-0.3, -0.25) is 0 Å². The van der Waals surface area contributed by atoms with Crippen LogP contribution >= 0.6 is 0 Å². The maximum atomic E-state index is 3.54. The Morgan fingerprint density at radius 2 is 2.22 bits per heavy atom. The number of rotatable bonds is 5. The molecule has 0 nitrogen and oxygen atoms in total. The summed E-state index contributed by atoms with van der Waals surface area (Å²) in [5, 5.41) is 0. The highest BCUT2D eigenvalue weighted by atomic mass is 13.9. The normalized spacial score (nSPS) is 10.3. The number of hydrogen-bond acceptors (Lipinski definition) is 0. The number of unbranched alkanes of at least 4 members (excludes halogenated alkanes) is 3. The first kappa shape index (κ1) is 8.48. The predicted molar refractivity (Wildman–Crippen MR) is 42.2 cm³/mol. The van der Waals surface area contributed by atoms with E-state index in [4.69, 9.17) is 0 Å². The van der Waals surface area contributed by atoms with E-state index in [0.717, 1.165) is 6.42 Å². The largest absolute Gasteiger partial charge is 0.0956 e. The van der Waals surface area contributed by atoms with E-state index in [2.05, 4.69) is 31.7 Å². The van der Waals surface area contributed by atoms with Crippen LogP contribution in [0.5, 0.6) is 0 Å². The molecule has 0 fully saturated rings. The van der Waals surface area contributed by atoms with Gasteiger partial charge in [-0.2, -0.15) is 0 Å². The van der Waals surface area contributed by atoms with E-state index in [0.29, 0.717) is 0 Å². The highest BCUT2D eigenvalue weighted by Gasteiger charge is 1.80. The van der Waals surface area contributed by atoms with E-state index in [-0.39, 0.29) is 0 Å². The summed E-state index contributed by atoms with van der Waals surface area (Å²) in [5.74, 6) is 0. The standard InChI is InChI=1S/C9H15/c1-3-5-7-9-8-6-4-2/h4,6H,1,5,7-9H2,2H3/b6-4+. The summed E-state index contributed by atoms with van der Waals surface area (Å²) in [6, 6.07) is 0. The summed E-state index contributed by atoms with van der Waals surface area (Å²) in [6.07, 6.45) is 11.9. The molecule has 0 saturated heterocycles. The fourth-order valence-electron chi connectivity index (χ4n) is 0.679. The van der Waals surface area contributed by atoms with Crippen molar-refractivity contribution in [1.82, 2.24) is 0 Å². The van der Waals surface area contributed by atoms with Gasteiger partial charge in [0.1, 0.15) is 0 Å². The Balaban J connectivity index is 2.82. The van der Waals surface area contributed by atoms with Gasteiger partial charge in [-0.05, 0) is 32.6 Å². The maximum absolute atomic E-state index is 3.54. The third-order valence-corrected chi connectivity index (χ3v) is 1.21. The van der Waals surface area contributed by atoms with Crippen LogP contribution < -0.4 is 0 Å². The average Bonchev–Trinajstić information content (AvgIpc) is 1.89. The van der Waals surface area contributed by atoms with Crippen molar-refractivity contribution < 1.29 is 0 Å². The summed E-state index contributed by atoms with van der Waals surface area (Å²) in [4.78, 5) is 0. The molecular formula is C9H15. The molecule has 0 unspecified atom stereocenters. The van der Waals surface area contributed by atoms with E-state index in [9.17, 15) is 0 Å². The summed E-state index contributed by atoms with van der Waals surface area (Å²) >= 11 is 0. The lowest BCUT2D eigenvalue weighted by molar-refractivity contribution is 0.755. The molecule has 1 radical (unpaired) electrons. The molecule has 0 N–H and O–H groups in total. The van der Waals surface area contributed by atoms with Crippen LogP contribution in [0.15, 0.2) is 18.7 Å². The lowest BCUT2D eigenvalue weighted by atomic mass is 10.2. The van der Waals surface area contributed by atoms with Gasteiger partial charge in [0.15, 0.2) is 0 Å². The van der Waals surface area contributed by atoms with Crippen LogP contribution in [0.4, 0.5) is 0 Å². The molecule has 0 saturated carbocycles. The molecule has 0 heteroatoms. The second kappa shape index (κ2) is 7.48. The zero-order valence-electron chi connectivity index (χ0n) is 6.19. The van der Waals surface area contributed by atoms with Gasteiger partial charge < -0.3 is 0 Å². The second-order valence-electron chi connectivity index (χ2n) is 2.06. The van der Waals surface area contributed by atoms with Crippen molar-refractivity contribution in [3.63, 3.8) is 0 Å². The molecular weight excluding hydrogens is 108 g/mol. The van der Waals surface area contributed by atoms with Gasteiger partial charge in [-0.25, -0.2) is 0 Å². The van der Waals surface area contributed by atoms with Crippen LogP contribution in [0.25, 0.3) is 0 Å². The SMILES string of the molecule is C=[C]CCCC/C=C/C. The van der Waals surface area contributed by atoms with Crippen molar-refractivity contribution in [3.8, 4) is 0 Å². The quantitative estimate of drug-likeness (QED) is 0.389. The Morgan fingerprint density at radius 3 is 2.78 bits per heavy atom. The summed E-state index contributed by atoms with van der Waals surface area (Å²) < 4.78 is 0. The molecule has 0 aliphatic heterocycles. The molecule has 0 aliphatic rings. The number of hydrogen-bond donors (Lipinski definition) is 0. The van der Waals surface area contributed by atoms with Crippen molar-refractivity contribution in [2.75, 3.05) is 0 Å².